The van der Waals surface area contributed by atoms with Gasteiger partial charge in [0.2, 0.25) is 0 Å². The maximum Gasteiger partial charge on any atom is 0.258 e. The van der Waals surface area contributed by atoms with Gasteiger partial charge in [-0.2, -0.15) is 0 Å². The van der Waals surface area contributed by atoms with Crippen molar-refractivity contribution >= 4 is 5.91 Å². The summed E-state index contributed by atoms with van der Waals surface area (Å²) in [6.07, 6.45) is 10.8. The molecule has 0 atom stereocenters. The van der Waals surface area contributed by atoms with Crippen LogP contribution in [0.4, 0.5) is 0 Å². The first kappa shape index (κ1) is 15.3. The van der Waals surface area contributed by atoms with Crippen molar-refractivity contribution in [2.45, 2.75) is 64.3 Å². The highest BCUT2D eigenvalue weighted by atomic mass is 16.5. The van der Waals surface area contributed by atoms with Gasteiger partial charge in [-0.1, -0.05) is 6.92 Å². The van der Waals surface area contributed by atoms with Crippen molar-refractivity contribution in [2.24, 2.45) is 5.92 Å². The average Bonchev–Trinajstić information content (AvgIpc) is 2.55. The predicted molar refractivity (Wildman–Crippen MR) is 85.9 cm³/mol. The Labute approximate surface area is 132 Å². The monoisotopic (exact) mass is 302 g/mol. The molecule has 1 amide bonds. The van der Waals surface area contributed by atoms with Crippen molar-refractivity contribution in [3.8, 4) is 5.75 Å². The van der Waals surface area contributed by atoms with Crippen molar-refractivity contribution in [1.82, 2.24) is 10.3 Å². The zero-order chi connectivity index (χ0) is 15.4. The molecule has 4 heteroatoms. The van der Waals surface area contributed by atoms with Crippen LogP contribution in [0.15, 0.2) is 12.3 Å². The molecular formula is C18H26N2O2. The Kier molecular flexibility index (Phi) is 4.96. The Hall–Kier alpha value is -1.58. The van der Waals surface area contributed by atoms with Crippen molar-refractivity contribution in [3.05, 3.63) is 23.5 Å². The van der Waals surface area contributed by atoms with Crippen molar-refractivity contribution < 1.29 is 9.53 Å². The van der Waals surface area contributed by atoms with E-state index in [-0.39, 0.29) is 12.5 Å². The van der Waals surface area contributed by atoms with Crippen LogP contribution in [0.1, 0.15) is 56.7 Å². The molecule has 0 aliphatic heterocycles. The summed E-state index contributed by atoms with van der Waals surface area (Å²) >= 11 is 0. The topological polar surface area (TPSA) is 51.2 Å². The normalized spacial score (nSPS) is 24.4. The second kappa shape index (κ2) is 7.12. The molecule has 1 aromatic heterocycles. The molecule has 3 rings (SSSR count). The second-order valence-corrected chi connectivity index (χ2v) is 6.75. The van der Waals surface area contributed by atoms with E-state index in [1.54, 1.807) is 6.20 Å². The molecule has 4 nitrogen and oxygen atoms in total. The summed E-state index contributed by atoms with van der Waals surface area (Å²) in [5.74, 6) is 1.64. The van der Waals surface area contributed by atoms with Crippen LogP contribution in [0.25, 0.3) is 0 Å². The molecule has 120 valence electrons. The Morgan fingerprint density at radius 2 is 2.05 bits per heavy atom. The molecule has 0 spiro atoms. The van der Waals surface area contributed by atoms with Crippen LogP contribution in [0.2, 0.25) is 0 Å². The van der Waals surface area contributed by atoms with E-state index in [0.717, 1.165) is 43.0 Å². The molecule has 0 unspecified atom stereocenters. The molecule has 1 saturated carbocycles. The van der Waals surface area contributed by atoms with E-state index in [1.807, 2.05) is 6.07 Å². The van der Waals surface area contributed by atoms with E-state index < -0.39 is 0 Å². The summed E-state index contributed by atoms with van der Waals surface area (Å²) in [5, 5.41) is 3.11. The number of aromatic nitrogens is 1. The second-order valence-electron chi connectivity index (χ2n) is 6.75. The highest BCUT2D eigenvalue weighted by Crippen LogP contribution is 2.28. The van der Waals surface area contributed by atoms with E-state index in [2.05, 4.69) is 17.2 Å². The van der Waals surface area contributed by atoms with Gasteiger partial charge < -0.3 is 10.1 Å². The van der Waals surface area contributed by atoms with Crippen molar-refractivity contribution in [2.75, 3.05) is 6.61 Å². The molecule has 2 aliphatic carbocycles. The van der Waals surface area contributed by atoms with Gasteiger partial charge in [-0.25, -0.2) is 0 Å². The van der Waals surface area contributed by atoms with E-state index in [0.29, 0.717) is 6.04 Å². The fourth-order valence-corrected chi connectivity index (χ4v) is 3.55. The number of fused-ring (bicyclic) bond motifs is 1. The van der Waals surface area contributed by atoms with Crippen LogP contribution in [0.5, 0.6) is 5.75 Å². The molecule has 0 bridgehead atoms. The first-order valence-corrected chi connectivity index (χ1v) is 8.61. The SMILES string of the molecule is CC1CCC(NC(=O)COc2ccnc3c2CCCC3)CC1. The summed E-state index contributed by atoms with van der Waals surface area (Å²) in [5.41, 5.74) is 2.35. The van der Waals surface area contributed by atoms with Gasteiger partial charge in [0.05, 0.1) is 0 Å². The first-order valence-electron chi connectivity index (χ1n) is 8.61. The summed E-state index contributed by atoms with van der Waals surface area (Å²) in [7, 11) is 0. The van der Waals surface area contributed by atoms with Crippen LogP contribution in [0.3, 0.4) is 0 Å². The number of amides is 1. The number of carbonyl (C=O) groups is 1. The zero-order valence-electron chi connectivity index (χ0n) is 13.4. The first-order chi connectivity index (χ1) is 10.7. The lowest BCUT2D eigenvalue weighted by molar-refractivity contribution is -0.124. The average molecular weight is 302 g/mol. The smallest absolute Gasteiger partial charge is 0.258 e. The number of nitrogens with zero attached hydrogens (tertiary/aromatic N) is 1. The van der Waals surface area contributed by atoms with Gasteiger partial charge in [0.1, 0.15) is 5.75 Å². The fourth-order valence-electron chi connectivity index (χ4n) is 3.55. The fraction of sp³-hybridized carbons (Fsp3) is 0.667. The summed E-state index contributed by atoms with van der Waals surface area (Å²) in [6.45, 7) is 2.40. The maximum absolute atomic E-state index is 12.1. The van der Waals surface area contributed by atoms with Crippen LogP contribution >= 0.6 is 0 Å². The lowest BCUT2D eigenvalue weighted by Crippen LogP contribution is -2.39. The molecule has 0 saturated heterocycles. The standard InChI is InChI=1S/C18H26N2O2/c1-13-6-8-14(9-7-13)20-18(21)12-22-17-10-11-19-16-5-3-2-4-15(16)17/h10-11,13-14H,2-9,12H2,1H3,(H,20,21). The van der Waals surface area contributed by atoms with Crippen LogP contribution in [-0.4, -0.2) is 23.5 Å². The third kappa shape index (κ3) is 3.79. The van der Waals surface area contributed by atoms with Gasteiger partial charge in [-0.15, -0.1) is 0 Å². The number of aryl methyl sites for hydroxylation is 1. The van der Waals surface area contributed by atoms with Gasteiger partial charge in [0.15, 0.2) is 6.61 Å². The third-order valence-corrected chi connectivity index (χ3v) is 4.93. The van der Waals surface area contributed by atoms with Gasteiger partial charge >= 0.3 is 0 Å². The highest BCUT2D eigenvalue weighted by Gasteiger charge is 2.20. The number of hydrogen-bond acceptors (Lipinski definition) is 3. The Morgan fingerprint density at radius 3 is 2.86 bits per heavy atom. The van der Waals surface area contributed by atoms with Crippen LogP contribution in [-0.2, 0) is 17.6 Å². The number of nitrogens with one attached hydrogen (secondary N) is 1. The van der Waals surface area contributed by atoms with E-state index in [9.17, 15) is 4.79 Å². The number of rotatable bonds is 4. The number of ether oxygens (including phenoxy) is 1. The molecular weight excluding hydrogens is 276 g/mol. The third-order valence-electron chi connectivity index (χ3n) is 4.93. The molecule has 0 radical (unpaired) electrons. The molecule has 1 fully saturated rings. The molecule has 1 N–H and O–H groups in total. The van der Waals surface area contributed by atoms with Gasteiger partial charge in [0, 0.05) is 23.5 Å². The minimum Gasteiger partial charge on any atom is -0.483 e. The van der Waals surface area contributed by atoms with E-state index >= 15 is 0 Å². The van der Waals surface area contributed by atoms with Gasteiger partial charge in [-0.3, -0.25) is 9.78 Å². The summed E-state index contributed by atoms with van der Waals surface area (Å²) in [6, 6.07) is 2.22. The number of hydrogen-bond donors (Lipinski definition) is 1. The maximum atomic E-state index is 12.1. The molecule has 1 heterocycles. The minimum atomic E-state index is 0.000856. The Bertz CT molecular complexity index is 522. The van der Waals surface area contributed by atoms with Crippen molar-refractivity contribution in [1.29, 1.82) is 0 Å². The molecule has 0 aromatic carbocycles. The number of carbonyl (C=O) groups excluding carboxylic acids is 1. The number of pyridine rings is 1. The largest absolute Gasteiger partial charge is 0.483 e. The quantitative estimate of drug-likeness (QED) is 0.930. The molecule has 1 aromatic rings. The Morgan fingerprint density at radius 1 is 1.27 bits per heavy atom. The minimum absolute atomic E-state index is 0.000856. The lowest BCUT2D eigenvalue weighted by atomic mass is 9.87. The van der Waals surface area contributed by atoms with Gasteiger partial charge in [-0.05, 0) is 63.4 Å². The van der Waals surface area contributed by atoms with E-state index in [4.69, 9.17) is 4.74 Å². The Balaban J connectivity index is 1.51. The van der Waals surface area contributed by atoms with Crippen LogP contribution in [0, 0.1) is 5.92 Å². The zero-order valence-corrected chi connectivity index (χ0v) is 13.4. The highest BCUT2D eigenvalue weighted by molar-refractivity contribution is 5.77. The summed E-state index contributed by atoms with van der Waals surface area (Å²) < 4.78 is 5.78. The lowest BCUT2D eigenvalue weighted by Gasteiger charge is -2.27. The predicted octanol–water partition coefficient (Wildman–Crippen LogP) is 3.03. The van der Waals surface area contributed by atoms with Crippen LogP contribution < -0.4 is 10.1 Å². The molecule has 22 heavy (non-hydrogen) atoms. The molecule has 2 aliphatic rings. The summed E-state index contributed by atoms with van der Waals surface area (Å²) in [4.78, 5) is 16.5. The van der Waals surface area contributed by atoms with Crippen molar-refractivity contribution in [3.63, 3.8) is 0 Å². The van der Waals surface area contributed by atoms with Gasteiger partial charge in [0.25, 0.3) is 5.91 Å². The van der Waals surface area contributed by atoms with E-state index in [1.165, 1.54) is 31.2 Å².